The van der Waals surface area contributed by atoms with Crippen LogP contribution in [0.25, 0.3) is 5.95 Å². The summed E-state index contributed by atoms with van der Waals surface area (Å²) in [6.07, 6.45) is 6.77. The molecule has 1 N–H and O–H groups in total. The summed E-state index contributed by atoms with van der Waals surface area (Å²) < 4.78 is 6.63. The largest absolute Gasteiger partial charge is 0.497 e. The zero-order chi connectivity index (χ0) is 16.1. The molecule has 0 unspecified atom stereocenters. The summed E-state index contributed by atoms with van der Waals surface area (Å²) in [6, 6.07) is 9.15. The minimum atomic E-state index is -0.134. The lowest BCUT2D eigenvalue weighted by Crippen LogP contribution is -2.15. The van der Waals surface area contributed by atoms with Crippen molar-refractivity contribution in [1.29, 1.82) is 0 Å². The number of rotatable bonds is 5. The van der Waals surface area contributed by atoms with E-state index in [1.807, 2.05) is 24.3 Å². The van der Waals surface area contributed by atoms with Crippen molar-refractivity contribution in [3.8, 4) is 11.7 Å². The molecule has 116 valence electrons. The Morgan fingerprint density at radius 1 is 1.22 bits per heavy atom. The van der Waals surface area contributed by atoms with Crippen molar-refractivity contribution in [2.75, 3.05) is 12.4 Å². The maximum Gasteiger partial charge on any atom is 0.250 e. The first-order valence-corrected chi connectivity index (χ1v) is 6.99. The number of nitrogens with zero attached hydrogens (tertiary/aromatic N) is 4. The number of aromatic nitrogens is 4. The molecule has 0 aliphatic rings. The van der Waals surface area contributed by atoms with Gasteiger partial charge in [0, 0.05) is 12.4 Å². The minimum absolute atomic E-state index is 0.134. The summed E-state index contributed by atoms with van der Waals surface area (Å²) in [5, 5.41) is 6.81. The summed E-state index contributed by atoms with van der Waals surface area (Å²) in [5.41, 5.74) is 1.44. The number of hydrogen-bond acceptors (Lipinski definition) is 5. The maximum atomic E-state index is 12.0. The maximum absolute atomic E-state index is 12.0. The molecule has 3 aromatic rings. The first-order valence-electron chi connectivity index (χ1n) is 6.99. The number of nitrogens with one attached hydrogen (secondary N) is 1. The quantitative estimate of drug-likeness (QED) is 0.778. The van der Waals surface area contributed by atoms with Gasteiger partial charge >= 0.3 is 0 Å². The van der Waals surface area contributed by atoms with Crippen LogP contribution in [0.2, 0.25) is 0 Å². The number of amides is 1. The highest BCUT2D eigenvalue weighted by Gasteiger charge is 2.06. The van der Waals surface area contributed by atoms with Crippen molar-refractivity contribution >= 4 is 11.6 Å². The number of carbonyl (C=O) groups excluding carboxylic acids is 1. The van der Waals surface area contributed by atoms with E-state index in [9.17, 15) is 4.79 Å². The normalized spacial score (nSPS) is 10.3. The van der Waals surface area contributed by atoms with Gasteiger partial charge in [0.1, 0.15) is 5.75 Å². The SMILES string of the molecule is COc1ccc(CC(=O)Nc2cnc(-n3cccn3)nc2)cc1. The number of hydrogen-bond donors (Lipinski definition) is 1. The Morgan fingerprint density at radius 2 is 1.96 bits per heavy atom. The van der Waals surface area contributed by atoms with Crippen molar-refractivity contribution in [3.05, 3.63) is 60.7 Å². The van der Waals surface area contributed by atoms with Gasteiger partial charge in [-0.25, -0.2) is 14.6 Å². The van der Waals surface area contributed by atoms with Crippen LogP contribution in [0, 0.1) is 0 Å². The number of ether oxygens (including phenoxy) is 1. The van der Waals surface area contributed by atoms with Crippen LogP contribution in [0.1, 0.15) is 5.56 Å². The molecule has 0 bridgehead atoms. The van der Waals surface area contributed by atoms with Crippen LogP contribution in [-0.2, 0) is 11.2 Å². The van der Waals surface area contributed by atoms with E-state index in [2.05, 4.69) is 20.4 Å². The van der Waals surface area contributed by atoms with Crippen molar-refractivity contribution in [2.45, 2.75) is 6.42 Å². The van der Waals surface area contributed by atoms with Gasteiger partial charge in [-0.05, 0) is 23.8 Å². The highest BCUT2D eigenvalue weighted by molar-refractivity contribution is 5.91. The summed E-state index contributed by atoms with van der Waals surface area (Å²) in [4.78, 5) is 20.4. The number of anilines is 1. The van der Waals surface area contributed by atoms with Gasteiger partial charge in [-0.2, -0.15) is 5.10 Å². The van der Waals surface area contributed by atoms with E-state index in [4.69, 9.17) is 4.74 Å². The van der Waals surface area contributed by atoms with Crippen LogP contribution in [0.3, 0.4) is 0 Å². The Hall–Kier alpha value is -3.22. The molecule has 0 aliphatic carbocycles. The predicted octanol–water partition coefficient (Wildman–Crippen LogP) is 1.85. The molecule has 7 nitrogen and oxygen atoms in total. The Labute approximate surface area is 133 Å². The van der Waals surface area contributed by atoms with E-state index >= 15 is 0 Å². The van der Waals surface area contributed by atoms with Gasteiger partial charge in [0.2, 0.25) is 5.91 Å². The minimum Gasteiger partial charge on any atom is -0.497 e. The van der Waals surface area contributed by atoms with Crippen LogP contribution >= 0.6 is 0 Å². The lowest BCUT2D eigenvalue weighted by Gasteiger charge is -2.06. The molecule has 23 heavy (non-hydrogen) atoms. The third-order valence-corrected chi connectivity index (χ3v) is 3.16. The van der Waals surface area contributed by atoms with E-state index < -0.39 is 0 Å². The molecule has 0 atom stereocenters. The monoisotopic (exact) mass is 309 g/mol. The van der Waals surface area contributed by atoms with Crippen LogP contribution in [0.4, 0.5) is 5.69 Å². The molecule has 1 aromatic carbocycles. The number of benzene rings is 1. The van der Waals surface area contributed by atoms with E-state index in [1.165, 1.54) is 0 Å². The fraction of sp³-hybridized carbons (Fsp3) is 0.125. The number of carbonyl (C=O) groups is 1. The molecular weight excluding hydrogens is 294 g/mol. The van der Waals surface area contributed by atoms with Crippen LogP contribution in [0.15, 0.2) is 55.1 Å². The van der Waals surface area contributed by atoms with Gasteiger partial charge in [0.25, 0.3) is 5.95 Å². The first-order chi connectivity index (χ1) is 11.2. The van der Waals surface area contributed by atoms with E-state index in [1.54, 1.807) is 42.6 Å². The van der Waals surface area contributed by atoms with Gasteiger partial charge in [0.05, 0.1) is 31.6 Å². The Bertz CT molecular complexity index is 767. The second-order valence-corrected chi connectivity index (χ2v) is 4.80. The highest BCUT2D eigenvalue weighted by atomic mass is 16.5. The second-order valence-electron chi connectivity index (χ2n) is 4.80. The molecule has 2 aromatic heterocycles. The standard InChI is InChI=1S/C16H15N5O2/c1-23-14-5-3-12(4-6-14)9-15(22)20-13-10-17-16(18-11-13)21-8-2-7-19-21/h2-8,10-11H,9H2,1H3,(H,20,22). The van der Waals surface area contributed by atoms with Crippen LogP contribution in [0.5, 0.6) is 5.75 Å². The predicted molar refractivity (Wildman–Crippen MR) is 84.5 cm³/mol. The van der Waals surface area contributed by atoms with Crippen LogP contribution < -0.4 is 10.1 Å². The smallest absolute Gasteiger partial charge is 0.250 e. The lowest BCUT2D eigenvalue weighted by atomic mass is 10.1. The molecule has 2 heterocycles. The fourth-order valence-corrected chi connectivity index (χ4v) is 2.03. The Kier molecular flexibility index (Phi) is 4.28. The average Bonchev–Trinajstić information content (AvgIpc) is 3.11. The van der Waals surface area contributed by atoms with E-state index in [-0.39, 0.29) is 12.3 Å². The molecule has 0 radical (unpaired) electrons. The van der Waals surface area contributed by atoms with Gasteiger partial charge in [-0.1, -0.05) is 12.1 Å². The first kappa shape index (κ1) is 14.7. The van der Waals surface area contributed by atoms with Gasteiger partial charge < -0.3 is 10.1 Å². The summed E-state index contributed by atoms with van der Waals surface area (Å²) >= 11 is 0. The molecular formula is C16H15N5O2. The van der Waals surface area contributed by atoms with E-state index in [0.29, 0.717) is 11.6 Å². The summed E-state index contributed by atoms with van der Waals surface area (Å²) in [7, 11) is 1.61. The zero-order valence-electron chi connectivity index (χ0n) is 12.5. The molecule has 0 saturated carbocycles. The average molecular weight is 309 g/mol. The molecule has 1 amide bonds. The fourth-order valence-electron chi connectivity index (χ4n) is 2.03. The van der Waals surface area contributed by atoms with Gasteiger partial charge in [-0.15, -0.1) is 0 Å². The molecule has 0 aliphatic heterocycles. The molecule has 7 heteroatoms. The lowest BCUT2D eigenvalue weighted by molar-refractivity contribution is -0.115. The van der Waals surface area contributed by atoms with Gasteiger partial charge in [-0.3, -0.25) is 4.79 Å². The second kappa shape index (κ2) is 6.69. The third kappa shape index (κ3) is 3.70. The molecule has 3 rings (SSSR count). The molecule has 0 fully saturated rings. The van der Waals surface area contributed by atoms with Crippen molar-refractivity contribution in [1.82, 2.24) is 19.7 Å². The van der Waals surface area contributed by atoms with Crippen LogP contribution in [-0.4, -0.2) is 32.8 Å². The van der Waals surface area contributed by atoms with Crippen molar-refractivity contribution in [2.24, 2.45) is 0 Å². The molecule has 0 spiro atoms. The summed E-state index contributed by atoms with van der Waals surface area (Å²) in [5.74, 6) is 1.07. The third-order valence-electron chi connectivity index (χ3n) is 3.16. The van der Waals surface area contributed by atoms with E-state index in [0.717, 1.165) is 11.3 Å². The Balaban J connectivity index is 1.61. The topological polar surface area (TPSA) is 81.9 Å². The van der Waals surface area contributed by atoms with Crippen molar-refractivity contribution < 1.29 is 9.53 Å². The highest BCUT2D eigenvalue weighted by Crippen LogP contribution is 2.12. The van der Waals surface area contributed by atoms with Gasteiger partial charge in [0.15, 0.2) is 0 Å². The Morgan fingerprint density at radius 3 is 2.57 bits per heavy atom. The zero-order valence-corrected chi connectivity index (χ0v) is 12.5. The van der Waals surface area contributed by atoms with Crippen molar-refractivity contribution in [3.63, 3.8) is 0 Å². The summed E-state index contributed by atoms with van der Waals surface area (Å²) in [6.45, 7) is 0. The number of methoxy groups -OCH3 is 1. The molecule has 0 saturated heterocycles.